The van der Waals surface area contributed by atoms with Crippen LogP contribution in [-0.2, 0) is 9.47 Å². The van der Waals surface area contributed by atoms with Crippen LogP contribution in [-0.4, -0.2) is 47.4 Å². The number of carbonyl (C=O) groups excluding carboxylic acids is 1. The van der Waals surface area contributed by atoms with Crippen LogP contribution >= 0.6 is 12.2 Å². The maximum Gasteiger partial charge on any atom is 0.341 e. The van der Waals surface area contributed by atoms with Gasteiger partial charge in [0.1, 0.15) is 0 Å². The Morgan fingerprint density at radius 1 is 1.36 bits per heavy atom. The van der Waals surface area contributed by atoms with E-state index < -0.39 is 5.97 Å². The summed E-state index contributed by atoms with van der Waals surface area (Å²) in [5, 5.41) is 6.34. The lowest BCUT2D eigenvalue weighted by Crippen LogP contribution is -2.30. The first-order valence-corrected chi connectivity index (χ1v) is 7.62. The summed E-state index contributed by atoms with van der Waals surface area (Å²) < 4.78 is 10.2. The summed E-state index contributed by atoms with van der Waals surface area (Å²) >= 11 is 5.15. The van der Waals surface area contributed by atoms with Crippen molar-refractivity contribution < 1.29 is 14.3 Å². The topological polar surface area (TPSA) is 85.4 Å². The molecule has 0 saturated heterocycles. The summed E-state index contributed by atoms with van der Waals surface area (Å²) in [4.78, 5) is 19.9. The van der Waals surface area contributed by atoms with Gasteiger partial charge in [-0.25, -0.2) is 14.8 Å². The Morgan fingerprint density at radius 3 is 2.77 bits per heavy atom. The number of anilines is 1. The van der Waals surface area contributed by atoms with E-state index >= 15 is 0 Å². The molecule has 0 aromatic carbocycles. The zero-order valence-corrected chi connectivity index (χ0v) is 14.0. The van der Waals surface area contributed by atoms with E-state index in [1.165, 1.54) is 6.20 Å². The number of nitrogens with one attached hydrogen (secondary N) is 2. The van der Waals surface area contributed by atoms with Crippen LogP contribution in [0, 0.1) is 6.92 Å². The summed E-state index contributed by atoms with van der Waals surface area (Å²) in [6, 6.07) is 0. The number of rotatable bonds is 8. The monoisotopic (exact) mass is 326 g/mol. The van der Waals surface area contributed by atoms with Crippen molar-refractivity contribution in [2.75, 3.05) is 31.7 Å². The van der Waals surface area contributed by atoms with Crippen molar-refractivity contribution in [1.29, 1.82) is 0 Å². The van der Waals surface area contributed by atoms with Gasteiger partial charge >= 0.3 is 5.97 Å². The molecule has 2 N–H and O–H groups in total. The second-order valence-corrected chi connectivity index (χ2v) is 4.75. The fourth-order valence-electron chi connectivity index (χ4n) is 1.60. The molecule has 1 aromatic rings. The molecular weight excluding hydrogens is 304 g/mol. The third-order valence-corrected chi connectivity index (χ3v) is 2.90. The summed E-state index contributed by atoms with van der Waals surface area (Å²) in [6.07, 6.45) is 2.29. The lowest BCUT2D eigenvalue weighted by atomic mass is 10.2. The third-order valence-electron chi connectivity index (χ3n) is 2.66. The first-order chi connectivity index (χ1) is 10.6. The molecule has 0 radical (unpaired) electrons. The van der Waals surface area contributed by atoms with Crippen LogP contribution in [0.25, 0.3) is 0 Å². The molecule has 0 aliphatic rings. The summed E-state index contributed by atoms with van der Waals surface area (Å²) in [7, 11) is 0. The Labute approximate surface area is 135 Å². The Kier molecular flexibility index (Phi) is 8.31. The van der Waals surface area contributed by atoms with Crippen LogP contribution in [0.1, 0.15) is 36.3 Å². The molecule has 0 bridgehead atoms. The first-order valence-electron chi connectivity index (χ1n) is 7.21. The van der Waals surface area contributed by atoms with Gasteiger partial charge in [-0.3, -0.25) is 0 Å². The molecule has 8 heteroatoms. The molecular formula is C14H22N4O3S. The number of hydrogen-bond acceptors (Lipinski definition) is 6. The minimum absolute atomic E-state index is 0.314. The molecule has 122 valence electrons. The van der Waals surface area contributed by atoms with E-state index in [4.69, 9.17) is 21.7 Å². The van der Waals surface area contributed by atoms with Gasteiger partial charge in [0.25, 0.3) is 0 Å². The quantitative estimate of drug-likeness (QED) is 0.424. The van der Waals surface area contributed by atoms with Gasteiger partial charge in [-0.05, 0) is 39.4 Å². The SMILES string of the molecule is CCOCCCNC(=S)Nc1ncc(C(=O)OCC)c(C)n1. The van der Waals surface area contributed by atoms with Crippen molar-refractivity contribution in [1.82, 2.24) is 15.3 Å². The molecule has 1 rings (SSSR count). The molecule has 0 saturated carbocycles. The molecule has 7 nitrogen and oxygen atoms in total. The van der Waals surface area contributed by atoms with E-state index in [0.717, 1.165) is 6.42 Å². The van der Waals surface area contributed by atoms with Crippen LogP contribution in [0.2, 0.25) is 0 Å². The molecule has 0 atom stereocenters. The zero-order valence-electron chi connectivity index (χ0n) is 13.1. The smallest absolute Gasteiger partial charge is 0.341 e. The van der Waals surface area contributed by atoms with E-state index in [0.29, 0.717) is 48.7 Å². The molecule has 0 fully saturated rings. The minimum atomic E-state index is -0.428. The second kappa shape index (κ2) is 10.0. The fourth-order valence-corrected chi connectivity index (χ4v) is 1.80. The maximum absolute atomic E-state index is 11.7. The van der Waals surface area contributed by atoms with E-state index in [9.17, 15) is 4.79 Å². The van der Waals surface area contributed by atoms with Gasteiger partial charge < -0.3 is 20.1 Å². The van der Waals surface area contributed by atoms with Crippen LogP contribution in [0.15, 0.2) is 6.20 Å². The number of hydrogen-bond donors (Lipinski definition) is 2. The Morgan fingerprint density at radius 2 is 2.14 bits per heavy atom. The van der Waals surface area contributed by atoms with Gasteiger partial charge in [0, 0.05) is 26.0 Å². The largest absolute Gasteiger partial charge is 0.462 e. The van der Waals surface area contributed by atoms with E-state index in [1.54, 1.807) is 13.8 Å². The normalized spacial score (nSPS) is 10.1. The zero-order chi connectivity index (χ0) is 16.4. The fraction of sp³-hybridized carbons (Fsp3) is 0.571. The van der Waals surface area contributed by atoms with Gasteiger partial charge in [0.15, 0.2) is 5.11 Å². The first kappa shape index (κ1) is 18.2. The van der Waals surface area contributed by atoms with Crippen LogP contribution in [0.3, 0.4) is 0 Å². The second-order valence-electron chi connectivity index (χ2n) is 4.34. The molecule has 1 heterocycles. The average molecular weight is 326 g/mol. The third kappa shape index (κ3) is 6.31. The van der Waals surface area contributed by atoms with E-state index in [2.05, 4.69) is 20.6 Å². The van der Waals surface area contributed by atoms with E-state index in [1.807, 2.05) is 6.92 Å². The number of thiocarbonyl (C=S) groups is 1. The number of carbonyl (C=O) groups is 1. The van der Waals surface area contributed by atoms with Crippen molar-refractivity contribution >= 4 is 29.2 Å². The minimum Gasteiger partial charge on any atom is -0.462 e. The summed E-state index contributed by atoms with van der Waals surface area (Å²) in [6.45, 7) is 7.84. The molecule has 0 amide bonds. The van der Waals surface area contributed by atoms with Crippen molar-refractivity contribution in [3.05, 3.63) is 17.5 Å². The number of aryl methyl sites for hydroxylation is 1. The van der Waals surface area contributed by atoms with Gasteiger partial charge in [-0.1, -0.05) is 0 Å². The molecule has 0 spiro atoms. The molecule has 22 heavy (non-hydrogen) atoms. The highest BCUT2D eigenvalue weighted by molar-refractivity contribution is 7.80. The van der Waals surface area contributed by atoms with Crippen molar-refractivity contribution in [3.8, 4) is 0 Å². The highest BCUT2D eigenvalue weighted by atomic mass is 32.1. The lowest BCUT2D eigenvalue weighted by Gasteiger charge is -2.10. The van der Waals surface area contributed by atoms with Gasteiger partial charge in [0.2, 0.25) is 5.95 Å². The number of ether oxygens (including phenoxy) is 2. The maximum atomic E-state index is 11.7. The average Bonchev–Trinajstić information content (AvgIpc) is 2.47. The number of esters is 1. The van der Waals surface area contributed by atoms with Crippen LogP contribution in [0.5, 0.6) is 0 Å². The Hall–Kier alpha value is -1.80. The highest BCUT2D eigenvalue weighted by Gasteiger charge is 2.12. The molecule has 0 aliphatic carbocycles. The van der Waals surface area contributed by atoms with Crippen molar-refractivity contribution in [3.63, 3.8) is 0 Å². The molecule has 0 aliphatic heterocycles. The predicted molar refractivity (Wildman–Crippen MR) is 88.1 cm³/mol. The Bertz CT molecular complexity index is 511. The predicted octanol–water partition coefficient (Wildman–Crippen LogP) is 1.67. The van der Waals surface area contributed by atoms with Crippen molar-refractivity contribution in [2.24, 2.45) is 0 Å². The van der Waals surface area contributed by atoms with Gasteiger partial charge in [-0.15, -0.1) is 0 Å². The van der Waals surface area contributed by atoms with Crippen LogP contribution < -0.4 is 10.6 Å². The standard InChI is InChI=1S/C14H22N4O3S/c1-4-20-8-6-7-15-14(22)18-13-16-9-11(10(3)17-13)12(19)21-5-2/h9H,4-8H2,1-3H3,(H2,15,16,17,18,22). The van der Waals surface area contributed by atoms with Crippen LogP contribution in [0.4, 0.5) is 5.95 Å². The van der Waals surface area contributed by atoms with Crippen molar-refractivity contribution in [2.45, 2.75) is 27.2 Å². The van der Waals surface area contributed by atoms with Gasteiger partial charge in [0.05, 0.1) is 17.9 Å². The van der Waals surface area contributed by atoms with Gasteiger partial charge in [-0.2, -0.15) is 0 Å². The summed E-state index contributed by atoms with van der Waals surface area (Å²) in [5.74, 6) is -0.0870. The highest BCUT2D eigenvalue weighted by Crippen LogP contribution is 2.08. The molecule has 0 unspecified atom stereocenters. The molecule has 1 aromatic heterocycles. The number of nitrogens with zero attached hydrogens (tertiary/aromatic N) is 2. The lowest BCUT2D eigenvalue weighted by molar-refractivity contribution is 0.0524. The number of aromatic nitrogens is 2. The van der Waals surface area contributed by atoms with E-state index in [-0.39, 0.29) is 0 Å². The summed E-state index contributed by atoms with van der Waals surface area (Å²) in [5.41, 5.74) is 0.887. The Balaban J connectivity index is 2.47.